The van der Waals surface area contributed by atoms with Gasteiger partial charge in [0.25, 0.3) is 0 Å². The fourth-order valence-corrected chi connectivity index (χ4v) is 9.02. The van der Waals surface area contributed by atoms with Crippen molar-refractivity contribution in [3.63, 3.8) is 0 Å². The fraction of sp³-hybridized carbons (Fsp3) is 0.931. The maximum absolute atomic E-state index is 4.03. The Hall–Kier alpha value is -0.540. The minimum Gasteiger partial charge on any atom is -0.295 e. The van der Waals surface area contributed by atoms with Gasteiger partial charge in [0.05, 0.1) is 6.17 Å². The van der Waals surface area contributed by atoms with E-state index in [4.69, 9.17) is 0 Å². The Balaban J connectivity index is 1.33. The quantitative estimate of drug-likeness (QED) is 0.398. The molecule has 7 heteroatoms. The third-order valence-electron chi connectivity index (χ3n) is 10.8. The second kappa shape index (κ2) is 12.1. The number of likely N-dealkylation sites (tertiary alicyclic amines) is 1. The van der Waals surface area contributed by atoms with Crippen LogP contribution in [0.5, 0.6) is 0 Å². The van der Waals surface area contributed by atoms with Crippen LogP contribution in [0.2, 0.25) is 0 Å². The van der Waals surface area contributed by atoms with Crippen molar-refractivity contribution in [1.82, 2.24) is 36.6 Å². The van der Waals surface area contributed by atoms with E-state index < -0.39 is 0 Å². The third kappa shape index (κ3) is 5.73. The molecule has 7 nitrogen and oxygen atoms in total. The van der Waals surface area contributed by atoms with Gasteiger partial charge in [-0.2, -0.15) is 11.1 Å². The third-order valence-corrected chi connectivity index (χ3v) is 10.8. The number of hydrazine groups is 3. The molecular weight excluding hydrogens is 446 g/mol. The highest BCUT2D eigenvalue weighted by Gasteiger charge is 2.45. The Labute approximate surface area is 221 Å². The molecule has 3 saturated heterocycles. The van der Waals surface area contributed by atoms with Gasteiger partial charge in [-0.25, -0.2) is 10.9 Å². The van der Waals surface area contributed by atoms with E-state index in [0.29, 0.717) is 24.2 Å². The summed E-state index contributed by atoms with van der Waals surface area (Å²) in [6.45, 7) is 17.4. The zero-order valence-electron chi connectivity index (χ0n) is 23.6. The van der Waals surface area contributed by atoms with E-state index in [9.17, 15) is 0 Å². The van der Waals surface area contributed by atoms with Gasteiger partial charge in [-0.1, -0.05) is 12.5 Å². The SMILES string of the molecule is C=CCN1C[C@H](C)N([C@H](C2CCC(C3NNNN3)CC2)C2CCCC(N3C(C)CCC3C)C2)C[C@H]1C. The van der Waals surface area contributed by atoms with Crippen LogP contribution < -0.4 is 21.9 Å². The van der Waals surface area contributed by atoms with Crippen molar-refractivity contribution in [2.45, 2.75) is 134 Å². The summed E-state index contributed by atoms with van der Waals surface area (Å²) in [6.07, 6.45) is 16.3. The summed E-state index contributed by atoms with van der Waals surface area (Å²) in [7, 11) is 0. The predicted octanol–water partition coefficient (Wildman–Crippen LogP) is 3.62. The van der Waals surface area contributed by atoms with E-state index in [0.717, 1.165) is 42.5 Å². The van der Waals surface area contributed by atoms with Crippen LogP contribution in [-0.2, 0) is 0 Å². The van der Waals surface area contributed by atoms with Gasteiger partial charge in [0.2, 0.25) is 0 Å². The summed E-state index contributed by atoms with van der Waals surface area (Å²) in [5.41, 5.74) is 12.8. The molecule has 4 unspecified atom stereocenters. The molecule has 3 heterocycles. The smallest absolute Gasteiger partial charge is 0.0887 e. The monoisotopic (exact) mass is 501 g/mol. The van der Waals surface area contributed by atoms with Crippen molar-refractivity contribution < 1.29 is 0 Å². The normalized spacial score (nSPS) is 43.1. The summed E-state index contributed by atoms with van der Waals surface area (Å²) in [6, 6.07) is 4.32. The second-order valence-electron chi connectivity index (χ2n) is 13.1. The van der Waals surface area contributed by atoms with Gasteiger partial charge in [0.1, 0.15) is 0 Å². The van der Waals surface area contributed by atoms with Gasteiger partial charge in [-0.05, 0) is 103 Å². The minimum atomic E-state index is 0.350. The lowest BCUT2D eigenvalue weighted by Crippen LogP contribution is -2.63. The Kier molecular flexibility index (Phi) is 9.09. The van der Waals surface area contributed by atoms with Gasteiger partial charge in [0.15, 0.2) is 0 Å². The van der Waals surface area contributed by atoms with Crippen LogP contribution in [0.4, 0.5) is 0 Å². The van der Waals surface area contributed by atoms with Gasteiger partial charge >= 0.3 is 0 Å². The number of hydrogen-bond acceptors (Lipinski definition) is 7. The first-order chi connectivity index (χ1) is 17.5. The summed E-state index contributed by atoms with van der Waals surface area (Å²) in [5.74, 6) is 2.38. The zero-order chi connectivity index (χ0) is 25.2. The van der Waals surface area contributed by atoms with Crippen LogP contribution in [0.15, 0.2) is 12.7 Å². The lowest BCUT2D eigenvalue weighted by atomic mass is 9.69. The molecule has 0 amide bonds. The molecule has 7 atom stereocenters. The highest BCUT2D eigenvalue weighted by molar-refractivity contribution is 5.00. The summed E-state index contributed by atoms with van der Waals surface area (Å²) in [4.78, 5) is 8.59. The van der Waals surface area contributed by atoms with E-state index in [1.807, 2.05) is 0 Å². The highest BCUT2D eigenvalue weighted by Crippen LogP contribution is 2.44. The van der Waals surface area contributed by atoms with E-state index in [1.165, 1.54) is 77.3 Å². The van der Waals surface area contributed by atoms with Gasteiger partial charge in [0, 0.05) is 55.9 Å². The molecule has 3 aliphatic heterocycles. The Morgan fingerprint density at radius 1 is 0.778 bits per heavy atom. The van der Waals surface area contributed by atoms with Crippen LogP contribution in [0, 0.1) is 17.8 Å². The number of nitrogens with zero attached hydrogens (tertiary/aromatic N) is 3. The van der Waals surface area contributed by atoms with Crippen molar-refractivity contribution >= 4 is 0 Å². The summed E-state index contributed by atoms with van der Waals surface area (Å²) in [5, 5.41) is 0. The Bertz CT molecular complexity index is 694. The molecule has 2 saturated carbocycles. The van der Waals surface area contributed by atoms with Gasteiger partial charge in [-0.15, -0.1) is 6.58 Å². The molecule has 4 N–H and O–H groups in total. The first-order valence-corrected chi connectivity index (χ1v) is 15.4. The van der Waals surface area contributed by atoms with Crippen LogP contribution >= 0.6 is 0 Å². The molecule has 0 bridgehead atoms. The zero-order valence-corrected chi connectivity index (χ0v) is 23.6. The summed E-state index contributed by atoms with van der Waals surface area (Å²) < 4.78 is 0. The fourth-order valence-electron chi connectivity index (χ4n) is 9.02. The van der Waals surface area contributed by atoms with Crippen molar-refractivity contribution in [3.05, 3.63) is 12.7 Å². The number of nitrogens with one attached hydrogen (secondary N) is 4. The molecule has 5 aliphatic rings. The van der Waals surface area contributed by atoms with E-state index in [-0.39, 0.29) is 0 Å². The van der Waals surface area contributed by atoms with Crippen molar-refractivity contribution in [3.8, 4) is 0 Å². The molecule has 5 fully saturated rings. The summed E-state index contributed by atoms with van der Waals surface area (Å²) >= 11 is 0. The van der Waals surface area contributed by atoms with Crippen molar-refractivity contribution in [1.29, 1.82) is 0 Å². The van der Waals surface area contributed by atoms with Gasteiger partial charge < -0.3 is 0 Å². The topological polar surface area (TPSA) is 57.8 Å². The van der Waals surface area contributed by atoms with Crippen LogP contribution in [0.3, 0.4) is 0 Å². The molecule has 0 radical (unpaired) electrons. The molecule has 5 rings (SSSR count). The average molecular weight is 502 g/mol. The predicted molar refractivity (Wildman–Crippen MR) is 149 cm³/mol. The molecular formula is C29H55N7. The molecule has 0 aromatic rings. The maximum Gasteiger partial charge on any atom is 0.0887 e. The van der Waals surface area contributed by atoms with Crippen LogP contribution in [0.1, 0.15) is 91.9 Å². The molecule has 206 valence electrons. The number of rotatable bonds is 7. The molecule has 0 spiro atoms. The second-order valence-corrected chi connectivity index (χ2v) is 13.1. The standard InChI is InChI=1S/C29H55N7/c1-6-16-34-18-23(5)35(19-22(34)4)28(24-12-14-25(15-13-24)29-30-32-33-31-29)26-8-7-9-27(17-26)36-20(2)10-11-21(36)3/h6,20-33H,1,7-19H2,2-5H3/t20?,21?,22-,23+,24?,25?,26?,27?,28-/m1/s1. The Morgan fingerprint density at radius 3 is 2.14 bits per heavy atom. The largest absolute Gasteiger partial charge is 0.295 e. The van der Waals surface area contributed by atoms with Crippen molar-refractivity contribution in [2.24, 2.45) is 17.8 Å². The Morgan fingerprint density at radius 2 is 1.47 bits per heavy atom. The van der Waals surface area contributed by atoms with Crippen molar-refractivity contribution in [2.75, 3.05) is 19.6 Å². The maximum atomic E-state index is 4.03. The molecule has 0 aromatic heterocycles. The van der Waals surface area contributed by atoms with E-state index in [2.05, 4.69) is 77.0 Å². The number of piperazine rings is 1. The lowest BCUT2D eigenvalue weighted by molar-refractivity contribution is -0.0453. The van der Waals surface area contributed by atoms with E-state index in [1.54, 1.807) is 0 Å². The van der Waals surface area contributed by atoms with Crippen LogP contribution in [-0.4, -0.2) is 76.8 Å². The highest BCUT2D eigenvalue weighted by atomic mass is 15.8. The van der Waals surface area contributed by atoms with Gasteiger partial charge in [-0.3, -0.25) is 14.7 Å². The first-order valence-electron chi connectivity index (χ1n) is 15.4. The molecule has 36 heavy (non-hydrogen) atoms. The average Bonchev–Trinajstić information content (AvgIpc) is 3.53. The van der Waals surface area contributed by atoms with E-state index >= 15 is 0 Å². The number of hydrogen-bond donors (Lipinski definition) is 4. The lowest BCUT2D eigenvalue weighted by Gasteiger charge is -2.54. The molecule has 2 aliphatic carbocycles. The molecule has 0 aromatic carbocycles. The minimum absolute atomic E-state index is 0.350. The first kappa shape index (κ1) is 27.0. The van der Waals surface area contributed by atoms with Crippen LogP contribution in [0.25, 0.3) is 0 Å².